The predicted molar refractivity (Wildman–Crippen MR) is 119 cm³/mol. The first-order valence-electron chi connectivity index (χ1n) is 10.8. The molecule has 2 atom stereocenters. The van der Waals surface area contributed by atoms with Gasteiger partial charge in [0, 0.05) is 31.4 Å². The Morgan fingerprint density at radius 1 is 1.18 bits per heavy atom. The molecule has 9 nitrogen and oxygen atoms in total. The van der Waals surface area contributed by atoms with E-state index in [0.717, 1.165) is 13.1 Å². The van der Waals surface area contributed by atoms with E-state index in [0.29, 0.717) is 34.3 Å². The van der Waals surface area contributed by atoms with E-state index < -0.39 is 12.8 Å². The van der Waals surface area contributed by atoms with Crippen LogP contribution in [0.15, 0.2) is 24.4 Å². The van der Waals surface area contributed by atoms with E-state index in [9.17, 15) is 13.2 Å². The van der Waals surface area contributed by atoms with E-state index in [1.165, 1.54) is 0 Å². The van der Waals surface area contributed by atoms with Crippen LogP contribution in [-0.4, -0.2) is 69.3 Å². The van der Waals surface area contributed by atoms with E-state index in [1.54, 1.807) is 10.9 Å². The zero-order valence-electron chi connectivity index (χ0n) is 18.7. The Kier molecular flexibility index (Phi) is 6.66. The van der Waals surface area contributed by atoms with Gasteiger partial charge in [-0.1, -0.05) is 6.07 Å². The molecule has 3 aromatic rings. The largest absolute Gasteiger partial charge is 0.411 e. The molecular formula is C21H27F3N8O. The molecule has 3 aromatic heterocycles. The van der Waals surface area contributed by atoms with Crippen LogP contribution in [0.3, 0.4) is 0 Å². The number of alkyl halides is 3. The highest BCUT2D eigenvalue weighted by Gasteiger charge is 2.28. The number of halogens is 3. The first-order chi connectivity index (χ1) is 15.7. The van der Waals surface area contributed by atoms with Crippen molar-refractivity contribution in [3.05, 3.63) is 30.1 Å². The van der Waals surface area contributed by atoms with Gasteiger partial charge in [0.05, 0.1) is 18.8 Å². The highest BCUT2D eigenvalue weighted by atomic mass is 19.4. The summed E-state index contributed by atoms with van der Waals surface area (Å²) in [5, 5.41) is 11.2. The Balaban J connectivity index is 1.70. The molecule has 12 heteroatoms. The highest BCUT2D eigenvalue weighted by molar-refractivity contribution is 5.90. The molecule has 1 aliphatic rings. The molecule has 0 unspecified atom stereocenters. The Hall–Kier alpha value is -2.99. The van der Waals surface area contributed by atoms with Crippen molar-refractivity contribution in [2.75, 3.05) is 36.5 Å². The molecule has 33 heavy (non-hydrogen) atoms. The molecule has 4 rings (SSSR count). The van der Waals surface area contributed by atoms with Gasteiger partial charge < -0.3 is 20.3 Å². The van der Waals surface area contributed by atoms with Crippen LogP contribution < -0.4 is 15.5 Å². The molecule has 178 valence electrons. The number of aryl methyl sites for hydroxylation is 1. The monoisotopic (exact) mass is 464 g/mol. The summed E-state index contributed by atoms with van der Waals surface area (Å²) in [6.45, 7) is 6.21. The number of aromatic nitrogens is 5. The SMILES string of the molecule is Cc1nn(CCOCC(F)(F)F)c2c(Nc3ccccn3)nc(N3C[C@@H](C)N[C@H](C)C3)nc12. The lowest BCUT2D eigenvalue weighted by atomic mass is 10.1. The van der Waals surface area contributed by atoms with Gasteiger partial charge in [-0.15, -0.1) is 0 Å². The molecule has 0 aliphatic carbocycles. The van der Waals surface area contributed by atoms with Gasteiger partial charge in [0.15, 0.2) is 5.82 Å². The number of piperazine rings is 1. The molecule has 1 saturated heterocycles. The van der Waals surface area contributed by atoms with Crippen molar-refractivity contribution in [1.82, 2.24) is 30.0 Å². The van der Waals surface area contributed by atoms with Crippen LogP contribution in [0.4, 0.5) is 30.8 Å². The van der Waals surface area contributed by atoms with E-state index in [1.807, 2.05) is 25.1 Å². The van der Waals surface area contributed by atoms with Gasteiger partial charge in [0.25, 0.3) is 0 Å². The van der Waals surface area contributed by atoms with E-state index in [2.05, 4.69) is 39.5 Å². The van der Waals surface area contributed by atoms with Gasteiger partial charge in [-0.25, -0.2) is 9.97 Å². The summed E-state index contributed by atoms with van der Waals surface area (Å²) in [7, 11) is 0. The first kappa shape index (κ1) is 23.2. The quantitative estimate of drug-likeness (QED) is 0.516. The minimum absolute atomic E-state index is 0.127. The molecule has 1 fully saturated rings. The summed E-state index contributed by atoms with van der Waals surface area (Å²) >= 11 is 0. The second kappa shape index (κ2) is 9.48. The molecule has 1 aliphatic heterocycles. The van der Waals surface area contributed by atoms with Gasteiger partial charge >= 0.3 is 6.18 Å². The van der Waals surface area contributed by atoms with Crippen LogP contribution in [0.5, 0.6) is 0 Å². The normalized spacial score (nSPS) is 19.3. The third-order valence-electron chi connectivity index (χ3n) is 5.21. The number of nitrogens with zero attached hydrogens (tertiary/aromatic N) is 6. The van der Waals surface area contributed by atoms with Crippen LogP contribution in [0.2, 0.25) is 0 Å². The highest BCUT2D eigenvalue weighted by Crippen LogP contribution is 2.29. The zero-order chi connectivity index (χ0) is 23.6. The van der Waals surface area contributed by atoms with Gasteiger partial charge in [-0.05, 0) is 32.9 Å². The maximum absolute atomic E-state index is 12.4. The second-order valence-corrected chi connectivity index (χ2v) is 8.26. The Labute approximate surface area is 189 Å². The predicted octanol–water partition coefficient (Wildman–Crippen LogP) is 3.04. The number of nitrogens with one attached hydrogen (secondary N) is 2. The Morgan fingerprint density at radius 2 is 1.94 bits per heavy atom. The number of hydrogen-bond acceptors (Lipinski definition) is 8. The van der Waals surface area contributed by atoms with Gasteiger partial charge in [-0.3, -0.25) is 4.68 Å². The summed E-state index contributed by atoms with van der Waals surface area (Å²) in [4.78, 5) is 16.0. The van der Waals surface area contributed by atoms with Crippen molar-refractivity contribution in [3.63, 3.8) is 0 Å². The molecule has 0 bridgehead atoms. The number of hydrogen-bond donors (Lipinski definition) is 2. The van der Waals surface area contributed by atoms with Crippen molar-refractivity contribution < 1.29 is 17.9 Å². The number of ether oxygens (including phenoxy) is 1. The van der Waals surface area contributed by atoms with Crippen molar-refractivity contribution in [2.24, 2.45) is 0 Å². The summed E-state index contributed by atoms with van der Waals surface area (Å²) in [5.74, 6) is 1.64. The summed E-state index contributed by atoms with van der Waals surface area (Å²) in [6.07, 6.45) is -2.71. The van der Waals surface area contributed by atoms with Gasteiger partial charge in [0.2, 0.25) is 5.95 Å². The molecule has 0 aromatic carbocycles. The second-order valence-electron chi connectivity index (χ2n) is 8.26. The average Bonchev–Trinajstić information content (AvgIpc) is 3.06. The number of anilines is 3. The van der Waals surface area contributed by atoms with Crippen molar-refractivity contribution >= 4 is 28.6 Å². The lowest BCUT2D eigenvalue weighted by molar-refractivity contribution is -0.174. The van der Waals surface area contributed by atoms with E-state index in [4.69, 9.17) is 14.7 Å². The molecule has 2 N–H and O–H groups in total. The number of fused-ring (bicyclic) bond motifs is 1. The molecule has 0 saturated carbocycles. The average molecular weight is 464 g/mol. The molecule has 0 radical (unpaired) electrons. The van der Waals surface area contributed by atoms with Crippen molar-refractivity contribution in [2.45, 2.75) is 45.6 Å². The lowest BCUT2D eigenvalue weighted by Gasteiger charge is -2.36. The van der Waals surface area contributed by atoms with Crippen molar-refractivity contribution in [1.29, 1.82) is 0 Å². The van der Waals surface area contributed by atoms with Crippen LogP contribution in [0, 0.1) is 6.92 Å². The number of pyridine rings is 1. The topological polar surface area (TPSA) is 93.0 Å². The third kappa shape index (κ3) is 5.69. The maximum atomic E-state index is 12.4. The van der Waals surface area contributed by atoms with Crippen molar-refractivity contribution in [3.8, 4) is 0 Å². The molecule has 0 spiro atoms. The fourth-order valence-corrected chi connectivity index (χ4v) is 4.00. The van der Waals surface area contributed by atoms with Crippen LogP contribution in [0.25, 0.3) is 11.0 Å². The molecule has 4 heterocycles. The van der Waals surface area contributed by atoms with E-state index >= 15 is 0 Å². The molecule has 0 amide bonds. The summed E-state index contributed by atoms with van der Waals surface area (Å²) in [6, 6.07) is 6.01. The van der Waals surface area contributed by atoms with Crippen LogP contribution in [0.1, 0.15) is 19.5 Å². The fraction of sp³-hybridized carbons (Fsp3) is 0.524. The van der Waals surface area contributed by atoms with Crippen LogP contribution in [-0.2, 0) is 11.3 Å². The fourth-order valence-electron chi connectivity index (χ4n) is 4.00. The minimum Gasteiger partial charge on any atom is -0.370 e. The number of rotatable bonds is 7. The first-order valence-corrected chi connectivity index (χ1v) is 10.8. The zero-order valence-corrected chi connectivity index (χ0v) is 18.7. The van der Waals surface area contributed by atoms with Crippen LogP contribution >= 0.6 is 0 Å². The smallest absolute Gasteiger partial charge is 0.370 e. The third-order valence-corrected chi connectivity index (χ3v) is 5.21. The molecular weight excluding hydrogens is 437 g/mol. The van der Waals surface area contributed by atoms with Gasteiger partial charge in [-0.2, -0.15) is 23.3 Å². The Bertz CT molecular complexity index is 1080. The maximum Gasteiger partial charge on any atom is 0.411 e. The Morgan fingerprint density at radius 3 is 2.61 bits per heavy atom. The summed E-state index contributed by atoms with van der Waals surface area (Å²) in [5.41, 5.74) is 1.88. The van der Waals surface area contributed by atoms with E-state index in [-0.39, 0.29) is 25.2 Å². The minimum atomic E-state index is -4.37. The standard InChI is InChI=1S/C21H27F3N8O/c1-13-10-31(11-14(2)26-13)20-28-17-15(3)30-32(8-9-33-12-21(22,23)24)18(17)19(29-20)27-16-6-4-5-7-25-16/h4-7,13-14,26H,8-12H2,1-3H3,(H,25,27,28,29)/t13-,14-/m1/s1. The van der Waals surface area contributed by atoms with Gasteiger partial charge in [0.1, 0.15) is 23.5 Å². The lowest BCUT2D eigenvalue weighted by Crippen LogP contribution is -2.54. The summed E-state index contributed by atoms with van der Waals surface area (Å²) < 4.78 is 43.7.